The summed E-state index contributed by atoms with van der Waals surface area (Å²) in [5, 5.41) is 9.75. The van der Waals surface area contributed by atoms with E-state index in [1.807, 2.05) is 45.0 Å². The Morgan fingerprint density at radius 2 is 2.00 bits per heavy atom. The first-order valence-electron chi connectivity index (χ1n) is 10.6. The Hall–Kier alpha value is -2.93. The van der Waals surface area contributed by atoms with Gasteiger partial charge in [0, 0.05) is 38.2 Å². The van der Waals surface area contributed by atoms with Crippen molar-refractivity contribution in [2.24, 2.45) is 5.92 Å². The molecule has 1 aromatic heterocycles. The highest BCUT2D eigenvalue weighted by atomic mass is 16.5. The smallest absolute Gasteiger partial charge is 0.259 e. The normalized spacial score (nSPS) is 19.7. The van der Waals surface area contributed by atoms with E-state index in [0.717, 1.165) is 16.7 Å². The number of carbonyl (C=O) groups is 2. The highest BCUT2D eigenvalue weighted by Gasteiger charge is 2.34. The monoisotopic (exact) mass is 425 g/mol. The number of benzene rings is 1. The highest BCUT2D eigenvalue weighted by molar-refractivity contribution is 5.98. The van der Waals surface area contributed by atoms with Crippen molar-refractivity contribution < 1.29 is 19.4 Å². The lowest BCUT2D eigenvalue weighted by Crippen LogP contribution is -2.50. The first kappa shape index (κ1) is 22.7. The Kier molecular flexibility index (Phi) is 6.95. The van der Waals surface area contributed by atoms with Crippen LogP contribution in [0.3, 0.4) is 0 Å². The molecule has 3 atom stereocenters. The Labute approximate surface area is 183 Å². The third-order valence-corrected chi connectivity index (χ3v) is 5.90. The Morgan fingerprint density at radius 1 is 1.32 bits per heavy atom. The number of amides is 2. The molecule has 3 rings (SSSR count). The molecule has 0 spiro atoms. The van der Waals surface area contributed by atoms with Gasteiger partial charge in [0.25, 0.3) is 5.91 Å². The summed E-state index contributed by atoms with van der Waals surface area (Å²) in [6.07, 6.45) is 1.36. The van der Waals surface area contributed by atoms with E-state index in [4.69, 9.17) is 4.74 Å². The SMILES string of the molecule is CC(=O)N(C)C[C@@H]1Oc2ncc(-c3ccc(C)cc3)cc2C(=O)N([C@@H](C)CO)C[C@H]1C. The van der Waals surface area contributed by atoms with Gasteiger partial charge in [-0.2, -0.15) is 0 Å². The minimum absolute atomic E-state index is 0.0579. The molecule has 0 radical (unpaired) electrons. The van der Waals surface area contributed by atoms with Gasteiger partial charge in [-0.05, 0) is 25.5 Å². The number of aliphatic hydroxyl groups is 1. The molecule has 0 saturated carbocycles. The summed E-state index contributed by atoms with van der Waals surface area (Å²) >= 11 is 0. The van der Waals surface area contributed by atoms with Gasteiger partial charge in [0.15, 0.2) is 0 Å². The van der Waals surface area contributed by atoms with Crippen molar-refractivity contribution in [2.45, 2.75) is 39.8 Å². The van der Waals surface area contributed by atoms with Crippen molar-refractivity contribution in [2.75, 3.05) is 26.7 Å². The molecule has 2 aromatic rings. The van der Waals surface area contributed by atoms with Crippen LogP contribution in [0.5, 0.6) is 5.88 Å². The maximum Gasteiger partial charge on any atom is 0.259 e. The van der Waals surface area contributed by atoms with Gasteiger partial charge in [0.05, 0.1) is 19.2 Å². The molecule has 1 aliphatic rings. The van der Waals surface area contributed by atoms with E-state index >= 15 is 0 Å². The molecular formula is C24H31N3O4. The van der Waals surface area contributed by atoms with E-state index in [2.05, 4.69) is 4.98 Å². The molecule has 0 aliphatic carbocycles. The molecule has 7 nitrogen and oxygen atoms in total. The van der Waals surface area contributed by atoms with Gasteiger partial charge in [-0.15, -0.1) is 0 Å². The zero-order valence-corrected chi connectivity index (χ0v) is 18.8. The number of aromatic nitrogens is 1. The largest absolute Gasteiger partial charge is 0.472 e. The van der Waals surface area contributed by atoms with Crippen LogP contribution in [0.1, 0.15) is 36.7 Å². The van der Waals surface area contributed by atoms with Crippen LogP contribution in [0, 0.1) is 12.8 Å². The Balaban J connectivity index is 2.05. The van der Waals surface area contributed by atoms with Crippen molar-refractivity contribution in [3.05, 3.63) is 47.7 Å². The van der Waals surface area contributed by atoms with Crippen molar-refractivity contribution in [1.82, 2.24) is 14.8 Å². The van der Waals surface area contributed by atoms with E-state index in [9.17, 15) is 14.7 Å². The van der Waals surface area contributed by atoms with Crippen molar-refractivity contribution in [3.8, 4) is 17.0 Å². The lowest BCUT2D eigenvalue weighted by atomic mass is 9.99. The number of pyridine rings is 1. The molecule has 0 bridgehead atoms. The molecule has 1 aliphatic heterocycles. The minimum Gasteiger partial charge on any atom is -0.472 e. The summed E-state index contributed by atoms with van der Waals surface area (Å²) < 4.78 is 6.20. The summed E-state index contributed by atoms with van der Waals surface area (Å²) in [6, 6.07) is 9.46. The fourth-order valence-electron chi connectivity index (χ4n) is 3.62. The minimum atomic E-state index is -0.352. The first-order valence-corrected chi connectivity index (χ1v) is 10.6. The van der Waals surface area contributed by atoms with Gasteiger partial charge < -0.3 is 19.6 Å². The number of carbonyl (C=O) groups excluding carboxylic acids is 2. The number of aryl methyl sites for hydroxylation is 1. The van der Waals surface area contributed by atoms with E-state index in [-0.39, 0.29) is 42.4 Å². The topological polar surface area (TPSA) is 83.0 Å². The van der Waals surface area contributed by atoms with Gasteiger partial charge in [-0.1, -0.05) is 36.8 Å². The van der Waals surface area contributed by atoms with Gasteiger partial charge in [-0.25, -0.2) is 4.98 Å². The molecule has 31 heavy (non-hydrogen) atoms. The molecule has 0 unspecified atom stereocenters. The molecular weight excluding hydrogens is 394 g/mol. The number of ether oxygens (including phenoxy) is 1. The second-order valence-corrected chi connectivity index (χ2v) is 8.46. The highest BCUT2D eigenvalue weighted by Crippen LogP contribution is 2.30. The van der Waals surface area contributed by atoms with E-state index < -0.39 is 0 Å². The Morgan fingerprint density at radius 3 is 2.61 bits per heavy atom. The van der Waals surface area contributed by atoms with Crippen molar-refractivity contribution in [1.29, 1.82) is 0 Å². The fraction of sp³-hybridized carbons (Fsp3) is 0.458. The number of hydrogen-bond donors (Lipinski definition) is 1. The van der Waals surface area contributed by atoms with Gasteiger partial charge in [0.1, 0.15) is 11.7 Å². The van der Waals surface area contributed by atoms with Gasteiger partial charge in [0.2, 0.25) is 11.8 Å². The average Bonchev–Trinajstić information content (AvgIpc) is 2.75. The van der Waals surface area contributed by atoms with Crippen LogP contribution in [0.25, 0.3) is 11.1 Å². The third kappa shape index (κ3) is 5.05. The number of fused-ring (bicyclic) bond motifs is 1. The lowest BCUT2D eigenvalue weighted by molar-refractivity contribution is -0.129. The van der Waals surface area contributed by atoms with Crippen LogP contribution >= 0.6 is 0 Å². The van der Waals surface area contributed by atoms with E-state index in [1.165, 1.54) is 6.92 Å². The van der Waals surface area contributed by atoms with Crippen LogP contribution in [0.4, 0.5) is 0 Å². The molecule has 0 saturated heterocycles. The molecule has 2 heterocycles. The van der Waals surface area contributed by atoms with Crippen molar-refractivity contribution >= 4 is 11.8 Å². The van der Waals surface area contributed by atoms with Crippen LogP contribution < -0.4 is 4.74 Å². The predicted octanol–water partition coefficient (Wildman–Crippen LogP) is 2.76. The van der Waals surface area contributed by atoms with Gasteiger partial charge >= 0.3 is 0 Å². The number of aliphatic hydroxyl groups excluding tert-OH is 1. The molecule has 0 fully saturated rings. The van der Waals surface area contributed by atoms with E-state index in [1.54, 1.807) is 29.1 Å². The summed E-state index contributed by atoms with van der Waals surface area (Å²) in [7, 11) is 1.73. The maximum absolute atomic E-state index is 13.4. The van der Waals surface area contributed by atoms with Crippen molar-refractivity contribution in [3.63, 3.8) is 0 Å². The molecule has 1 N–H and O–H groups in total. The number of hydrogen-bond acceptors (Lipinski definition) is 5. The number of nitrogens with zero attached hydrogens (tertiary/aromatic N) is 3. The summed E-state index contributed by atoms with van der Waals surface area (Å²) in [6.45, 7) is 7.98. The van der Waals surface area contributed by atoms with Crippen LogP contribution in [0.15, 0.2) is 36.5 Å². The van der Waals surface area contributed by atoms with Crippen LogP contribution in [0.2, 0.25) is 0 Å². The molecule has 2 amide bonds. The second-order valence-electron chi connectivity index (χ2n) is 8.46. The van der Waals surface area contributed by atoms with E-state index in [0.29, 0.717) is 18.7 Å². The standard InChI is InChI=1S/C24H31N3O4/c1-15-6-8-19(9-7-15)20-10-21-23(25-11-20)31-22(13-26(5)18(4)29)16(2)12-27(24(21)30)17(3)14-28/h6-11,16-17,22,28H,12-14H2,1-5H3/t16-,17+,22+/m1/s1. The Bertz CT molecular complexity index is 944. The third-order valence-electron chi connectivity index (χ3n) is 5.90. The summed E-state index contributed by atoms with van der Waals surface area (Å²) in [5.74, 6) is -0.0865. The zero-order valence-electron chi connectivity index (χ0n) is 18.8. The maximum atomic E-state index is 13.4. The van der Waals surface area contributed by atoms with Crippen LogP contribution in [-0.4, -0.2) is 70.6 Å². The predicted molar refractivity (Wildman–Crippen MR) is 119 cm³/mol. The molecule has 1 aromatic carbocycles. The van der Waals surface area contributed by atoms with Gasteiger partial charge in [-0.3, -0.25) is 9.59 Å². The summed E-state index contributed by atoms with van der Waals surface area (Å²) in [4.78, 5) is 33.0. The zero-order chi connectivity index (χ0) is 22.7. The number of likely N-dealkylation sites (N-methyl/N-ethyl adjacent to an activating group) is 1. The summed E-state index contributed by atoms with van der Waals surface area (Å²) in [5.41, 5.74) is 3.29. The second kappa shape index (κ2) is 9.47. The quantitative estimate of drug-likeness (QED) is 0.797. The fourth-order valence-corrected chi connectivity index (χ4v) is 3.62. The molecule has 166 valence electrons. The van der Waals surface area contributed by atoms with Crippen LogP contribution in [-0.2, 0) is 4.79 Å². The first-order chi connectivity index (χ1) is 14.7. The molecule has 7 heteroatoms. The number of rotatable bonds is 5. The average molecular weight is 426 g/mol. The lowest BCUT2D eigenvalue weighted by Gasteiger charge is -2.37.